The second-order valence-corrected chi connectivity index (χ2v) is 5.22. The van der Waals surface area contributed by atoms with E-state index in [9.17, 15) is 9.90 Å². The Bertz CT molecular complexity index is 283. The number of aliphatic hydroxyl groups is 1. The van der Waals surface area contributed by atoms with Gasteiger partial charge in [0.1, 0.15) is 0 Å². The third-order valence-electron chi connectivity index (χ3n) is 3.12. The Kier molecular flexibility index (Phi) is 8.06. The summed E-state index contributed by atoms with van der Waals surface area (Å²) in [6.07, 6.45) is 1.50. The molecule has 6 nitrogen and oxygen atoms in total. The predicted octanol–water partition coefficient (Wildman–Crippen LogP) is 0.426. The molecule has 1 aliphatic rings. The van der Waals surface area contributed by atoms with Crippen molar-refractivity contribution in [3.8, 4) is 0 Å². The van der Waals surface area contributed by atoms with Crippen LogP contribution < -0.4 is 0 Å². The molecule has 0 saturated heterocycles. The fourth-order valence-corrected chi connectivity index (χ4v) is 2.04. The highest BCUT2D eigenvalue weighted by atomic mass is 16.5. The summed E-state index contributed by atoms with van der Waals surface area (Å²) in [6, 6.07) is 0.394. The van der Waals surface area contributed by atoms with E-state index in [2.05, 4.69) is 0 Å². The molecular formula is C14H27NO5. The van der Waals surface area contributed by atoms with Gasteiger partial charge in [-0.05, 0) is 26.7 Å². The van der Waals surface area contributed by atoms with Crippen molar-refractivity contribution in [2.75, 3.05) is 40.0 Å². The maximum absolute atomic E-state index is 11.5. The Labute approximate surface area is 121 Å². The van der Waals surface area contributed by atoms with E-state index in [4.69, 9.17) is 14.2 Å². The van der Waals surface area contributed by atoms with Gasteiger partial charge in [0, 0.05) is 19.7 Å². The first kappa shape index (κ1) is 17.4. The van der Waals surface area contributed by atoms with Gasteiger partial charge in [0.2, 0.25) is 0 Å². The molecule has 0 aromatic carbocycles. The summed E-state index contributed by atoms with van der Waals surface area (Å²) in [5.74, 6) is -0.236. The van der Waals surface area contributed by atoms with Gasteiger partial charge in [-0.1, -0.05) is 0 Å². The molecule has 1 fully saturated rings. The SMILES string of the molecule is CCOC(=O)CN(CC(O)COC(C)COC)C1CC1. The lowest BCUT2D eigenvalue weighted by atomic mass is 10.3. The van der Waals surface area contributed by atoms with Crippen molar-refractivity contribution in [2.45, 2.75) is 44.9 Å². The number of rotatable bonds is 11. The fraction of sp³-hybridized carbons (Fsp3) is 0.929. The zero-order valence-electron chi connectivity index (χ0n) is 12.7. The molecule has 2 atom stereocenters. The van der Waals surface area contributed by atoms with Gasteiger partial charge in [-0.3, -0.25) is 9.69 Å². The number of nitrogens with zero attached hydrogens (tertiary/aromatic N) is 1. The maximum Gasteiger partial charge on any atom is 0.320 e. The van der Waals surface area contributed by atoms with Gasteiger partial charge in [0.15, 0.2) is 0 Å². The number of hydrogen-bond donors (Lipinski definition) is 1. The Hall–Kier alpha value is -0.690. The average Bonchev–Trinajstić information content (AvgIpc) is 3.20. The van der Waals surface area contributed by atoms with Crippen LogP contribution in [-0.2, 0) is 19.0 Å². The van der Waals surface area contributed by atoms with Crippen LogP contribution in [0.15, 0.2) is 0 Å². The smallest absolute Gasteiger partial charge is 0.320 e. The molecule has 20 heavy (non-hydrogen) atoms. The van der Waals surface area contributed by atoms with E-state index < -0.39 is 6.10 Å². The molecule has 1 N–H and O–H groups in total. The van der Waals surface area contributed by atoms with Crippen LogP contribution in [0.25, 0.3) is 0 Å². The molecule has 1 saturated carbocycles. The minimum Gasteiger partial charge on any atom is -0.465 e. The average molecular weight is 289 g/mol. The molecule has 0 spiro atoms. The van der Waals surface area contributed by atoms with Gasteiger partial charge in [0.05, 0.1) is 38.6 Å². The van der Waals surface area contributed by atoms with E-state index >= 15 is 0 Å². The predicted molar refractivity (Wildman–Crippen MR) is 74.5 cm³/mol. The summed E-state index contributed by atoms with van der Waals surface area (Å²) in [6.45, 7) is 5.50. The molecule has 6 heteroatoms. The lowest BCUT2D eigenvalue weighted by molar-refractivity contribution is -0.145. The van der Waals surface area contributed by atoms with Crippen molar-refractivity contribution >= 4 is 5.97 Å². The summed E-state index contributed by atoms with van der Waals surface area (Å²) in [7, 11) is 1.62. The van der Waals surface area contributed by atoms with Gasteiger partial charge in [-0.15, -0.1) is 0 Å². The molecule has 0 aliphatic heterocycles. The second-order valence-electron chi connectivity index (χ2n) is 5.22. The van der Waals surface area contributed by atoms with E-state index in [0.717, 1.165) is 12.8 Å². The van der Waals surface area contributed by atoms with Gasteiger partial charge < -0.3 is 19.3 Å². The molecule has 0 heterocycles. The number of carbonyl (C=O) groups excluding carboxylic acids is 1. The Balaban J connectivity index is 2.28. The quantitative estimate of drug-likeness (QED) is 0.556. The van der Waals surface area contributed by atoms with Crippen LogP contribution in [0.4, 0.5) is 0 Å². The van der Waals surface area contributed by atoms with Crippen LogP contribution in [0, 0.1) is 0 Å². The largest absolute Gasteiger partial charge is 0.465 e. The molecule has 118 valence electrons. The first-order valence-electron chi connectivity index (χ1n) is 7.25. The van der Waals surface area contributed by atoms with Crippen molar-refractivity contribution in [3.05, 3.63) is 0 Å². The maximum atomic E-state index is 11.5. The van der Waals surface area contributed by atoms with E-state index in [1.165, 1.54) is 0 Å². The molecule has 0 aromatic heterocycles. The molecule has 0 amide bonds. The standard InChI is InChI=1S/C14H27NO5/c1-4-19-14(17)8-15(12-5-6-12)7-13(16)10-20-11(2)9-18-3/h11-13,16H,4-10H2,1-3H3. The van der Waals surface area contributed by atoms with Crippen molar-refractivity contribution in [1.82, 2.24) is 4.90 Å². The molecule has 1 aliphatic carbocycles. The minimum atomic E-state index is -0.607. The molecule has 0 bridgehead atoms. The van der Waals surface area contributed by atoms with Crippen LogP contribution in [-0.4, -0.2) is 74.2 Å². The topological polar surface area (TPSA) is 68.2 Å². The number of ether oxygens (including phenoxy) is 3. The fourth-order valence-electron chi connectivity index (χ4n) is 2.04. The molecule has 1 rings (SSSR count). The zero-order chi connectivity index (χ0) is 15.0. The first-order chi connectivity index (χ1) is 9.56. The summed E-state index contributed by atoms with van der Waals surface area (Å²) >= 11 is 0. The van der Waals surface area contributed by atoms with Gasteiger partial charge in [-0.2, -0.15) is 0 Å². The van der Waals surface area contributed by atoms with Crippen LogP contribution in [0.3, 0.4) is 0 Å². The Morgan fingerprint density at radius 1 is 1.40 bits per heavy atom. The third-order valence-corrected chi connectivity index (χ3v) is 3.12. The lowest BCUT2D eigenvalue weighted by Crippen LogP contribution is -2.40. The first-order valence-corrected chi connectivity index (χ1v) is 7.25. The highest BCUT2D eigenvalue weighted by Gasteiger charge is 2.31. The van der Waals surface area contributed by atoms with E-state index in [-0.39, 0.29) is 25.2 Å². The van der Waals surface area contributed by atoms with Crippen molar-refractivity contribution in [1.29, 1.82) is 0 Å². The number of hydrogen-bond acceptors (Lipinski definition) is 6. The number of carbonyl (C=O) groups is 1. The van der Waals surface area contributed by atoms with Crippen LogP contribution in [0.5, 0.6) is 0 Å². The molecule has 2 unspecified atom stereocenters. The highest BCUT2D eigenvalue weighted by molar-refractivity contribution is 5.71. The number of aliphatic hydroxyl groups excluding tert-OH is 1. The Morgan fingerprint density at radius 2 is 2.10 bits per heavy atom. The zero-order valence-corrected chi connectivity index (χ0v) is 12.7. The normalized spacial score (nSPS) is 18.1. The number of methoxy groups -OCH3 is 1. The van der Waals surface area contributed by atoms with Gasteiger partial charge in [-0.25, -0.2) is 0 Å². The van der Waals surface area contributed by atoms with Crippen LogP contribution >= 0.6 is 0 Å². The Morgan fingerprint density at radius 3 is 2.65 bits per heavy atom. The lowest BCUT2D eigenvalue weighted by Gasteiger charge is -2.24. The number of esters is 1. The second kappa shape index (κ2) is 9.28. The van der Waals surface area contributed by atoms with Crippen LogP contribution in [0.2, 0.25) is 0 Å². The monoisotopic (exact) mass is 289 g/mol. The molecule has 0 radical (unpaired) electrons. The molecular weight excluding hydrogens is 262 g/mol. The van der Waals surface area contributed by atoms with Crippen LogP contribution in [0.1, 0.15) is 26.7 Å². The van der Waals surface area contributed by atoms with Crippen molar-refractivity contribution in [2.24, 2.45) is 0 Å². The van der Waals surface area contributed by atoms with Gasteiger partial charge in [0.25, 0.3) is 0 Å². The summed E-state index contributed by atoms with van der Waals surface area (Å²) in [5.41, 5.74) is 0. The minimum absolute atomic E-state index is 0.0471. The van der Waals surface area contributed by atoms with E-state index in [1.807, 2.05) is 11.8 Å². The van der Waals surface area contributed by atoms with Crippen molar-refractivity contribution in [3.63, 3.8) is 0 Å². The summed E-state index contributed by atoms with van der Waals surface area (Å²) in [5, 5.41) is 10.00. The summed E-state index contributed by atoms with van der Waals surface area (Å²) in [4.78, 5) is 13.5. The van der Waals surface area contributed by atoms with Crippen molar-refractivity contribution < 1.29 is 24.1 Å². The molecule has 0 aromatic rings. The third kappa shape index (κ3) is 7.19. The summed E-state index contributed by atoms with van der Waals surface area (Å²) < 4.78 is 15.4. The van der Waals surface area contributed by atoms with E-state index in [0.29, 0.717) is 25.8 Å². The van der Waals surface area contributed by atoms with E-state index in [1.54, 1.807) is 14.0 Å². The highest BCUT2D eigenvalue weighted by Crippen LogP contribution is 2.26. The van der Waals surface area contributed by atoms with Gasteiger partial charge >= 0.3 is 5.97 Å².